The molecule has 0 fully saturated rings. The predicted octanol–water partition coefficient (Wildman–Crippen LogP) is 1.36. The summed E-state index contributed by atoms with van der Waals surface area (Å²) in [6.45, 7) is 0.142. The van der Waals surface area contributed by atoms with Crippen molar-refractivity contribution in [3.8, 4) is 17.1 Å². The molecule has 4 N–H and O–H groups in total. The number of hydrogen-bond donors (Lipinski definition) is 3. The van der Waals surface area contributed by atoms with Crippen LogP contribution < -0.4 is 5.73 Å². The van der Waals surface area contributed by atoms with Gasteiger partial charge in [0.2, 0.25) is 11.4 Å². The largest absolute Gasteiger partial charge is 0.423 e. The van der Waals surface area contributed by atoms with Crippen LogP contribution in [0.4, 0.5) is 19.0 Å². The lowest BCUT2D eigenvalue weighted by molar-refractivity contribution is -0.277. The number of aliphatic hydroxyl groups is 2. The van der Waals surface area contributed by atoms with Crippen LogP contribution in [-0.2, 0) is 5.60 Å². The Bertz CT molecular complexity index is 961. The van der Waals surface area contributed by atoms with Crippen molar-refractivity contribution in [1.29, 1.82) is 0 Å². The molecule has 3 aromatic rings. The predicted molar refractivity (Wildman–Crippen MR) is 88.6 cm³/mol. The van der Waals surface area contributed by atoms with Crippen LogP contribution in [0.3, 0.4) is 0 Å². The second kappa shape index (κ2) is 6.59. The number of nitrogens with zero attached hydrogens (tertiary/aromatic N) is 5. The van der Waals surface area contributed by atoms with Crippen molar-refractivity contribution in [1.82, 2.24) is 25.0 Å². The summed E-state index contributed by atoms with van der Waals surface area (Å²) in [5, 5.41) is 27.0. The number of nitrogens with two attached hydrogens (primary N) is 1. The van der Waals surface area contributed by atoms with E-state index in [2.05, 4.69) is 20.2 Å². The molecule has 0 aliphatic heterocycles. The third-order valence-corrected chi connectivity index (χ3v) is 4.08. The summed E-state index contributed by atoms with van der Waals surface area (Å²) in [6, 6.07) is 3.60. The molecule has 142 valence electrons. The molecule has 11 heteroatoms. The van der Waals surface area contributed by atoms with Crippen molar-refractivity contribution < 1.29 is 23.4 Å². The Hall–Kier alpha value is -3.05. The average molecular weight is 380 g/mol. The van der Waals surface area contributed by atoms with Crippen molar-refractivity contribution in [3.05, 3.63) is 47.9 Å². The van der Waals surface area contributed by atoms with Gasteiger partial charge in [0.1, 0.15) is 0 Å². The number of rotatable bonds is 4. The molecule has 0 radical (unpaired) electrons. The Labute approximate surface area is 151 Å². The highest BCUT2D eigenvalue weighted by molar-refractivity contribution is 5.66. The standard InChI is InChI=1S/C16H15F3N6O2/c1-9-2-3-10(15(27,8-26)16(17,18)19)6-11(9)12-7-21-13(20)14(24-12)25-22-4-5-23-25/h2-7,26-27H,8H2,1H3,(H2,20,21). The number of hydrogen-bond acceptors (Lipinski definition) is 7. The van der Waals surface area contributed by atoms with Gasteiger partial charge in [-0.15, -0.1) is 4.80 Å². The lowest BCUT2D eigenvalue weighted by atomic mass is 9.90. The Morgan fingerprint density at radius 1 is 1.19 bits per heavy atom. The molecule has 0 amide bonds. The van der Waals surface area contributed by atoms with Crippen molar-refractivity contribution in [2.24, 2.45) is 0 Å². The average Bonchev–Trinajstić information content (AvgIpc) is 3.15. The van der Waals surface area contributed by atoms with Crippen LogP contribution in [0.2, 0.25) is 0 Å². The maximum atomic E-state index is 13.3. The lowest BCUT2D eigenvalue weighted by Gasteiger charge is -2.29. The Morgan fingerprint density at radius 3 is 2.44 bits per heavy atom. The van der Waals surface area contributed by atoms with Crippen molar-refractivity contribution in [2.75, 3.05) is 12.3 Å². The summed E-state index contributed by atoms with van der Waals surface area (Å²) in [7, 11) is 0. The smallest absolute Gasteiger partial charge is 0.393 e. The van der Waals surface area contributed by atoms with Gasteiger partial charge in [0.15, 0.2) is 5.82 Å². The minimum absolute atomic E-state index is 0.0333. The molecule has 1 aromatic carbocycles. The van der Waals surface area contributed by atoms with Crippen LogP contribution in [0.1, 0.15) is 11.1 Å². The summed E-state index contributed by atoms with van der Waals surface area (Å²) in [4.78, 5) is 9.41. The van der Waals surface area contributed by atoms with Crippen molar-refractivity contribution in [3.63, 3.8) is 0 Å². The van der Waals surface area contributed by atoms with E-state index < -0.39 is 23.9 Å². The van der Waals surface area contributed by atoms with Gasteiger partial charge in [-0.25, -0.2) is 9.97 Å². The first-order chi connectivity index (χ1) is 12.7. The fraction of sp³-hybridized carbons (Fsp3) is 0.250. The van der Waals surface area contributed by atoms with E-state index in [1.807, 2.05) is 0 Å². The van der Waals surface area contributed by atoms with Gasteiger partial charge in [0.25, 0.3) is 0 Å². The molecule has 0 aliphatic carbocycles. The summed E-state index contributed by atoms with van der Waals surface area (Å²) in [5.74, 6) is 0.140. The van der Waals surface area contributed by atoms with Gasteiger partial charge < -0.3 is 15.9 Å². The Balaban J connectivity index is 2.15. The topological polar surface area (TPSA) is 123 Å². The highest BCUT2D eigenvalue weighted by Crippen LogP contribution is 2.40. The monoisotopic (exact) mass is 380 g/mol. The molecule has 1 atom stereocenters. The third-order valence-electron chi connectivity index (χ3n) is 4.08. The number of aromatic nitrogens is 5. The first-order valence-corrected chi connectivity index (χ1v) is 7.68. The molecular formula is C16H15F3N6O2. The van der Waals surface area contributed by atoms with Gasteiger partial charge in [-0.3, -0.25) is 0 Å². The van der Waals surface area contributed by atoms with Crippen LogP contribution in [0, 0.1) is 6.92 Å². The van der Waals surface area contributed by atoms with Gasteiger partial charge in [0.05, 0.1) is 30.9 Å². The Morgan fingerprint density at radius 2 is 1.85 bits per heavy atom. The number of aliphatic hydroxyl groups excluding tert-OH is 1. The van der Waals surface area contributed by atoms with Crippen LogP contribution in [-0.4, -0.2) is 48.0 Å². The van der Waals surface area contributed by atoms with Crippen LogP contribution >= 0.6 is 0 Å². The quantitative estimate of drug-likeness (QED) is 0.624. The zero-order valence-electron chi connectivity index (χ0n) is 14.0. The zero-order chi connectivity index (χ0) is 19.8. The van der Waals surface area contributed by atoms with E-state index in [1.165, 1.54) is 24.7 Å². The van der Waals surface area contributed by atoms with Crippen molar-refractivity contribution >= 4 is 5.82 Å². The summed E-state index contributed by atoms with van der Waals surface area (Å²) < 4.78 is 39.8. The van der Waals surface area contributed by atoms with E-state index in [1.54, 1.807) is 6.92 Å². The molecule has 0 spiro atoms. The van der Waals surface area contributed by atoms with Crippen LogP contribution in [0.5, 0.6) is 0 Å². The maximum absolute atomic E-state index is 13.3. The molecule has 0 bridgehead atoms. The number of aryl methyl sites for hydroxylation is 1. The molecule has 0 saturated carbocycles. The van der Waals surface area contributed by atoms with E-state index in [4.69, 9.17) is 5.73 Å². The normalized spacial score (nSPS) is 14.1. The molecular weight excluding hydrogens is 365 g/mol. The SMILES string of the molecule is Cc1ccc(C(O)(CO)C(F)(F)F)cc1-c1cnc(N)c(-n2nccn2)n1. The van der Waals surface area contributed by atoms with Crippen LogP contribution in [0.15, 0.2) is 36.8 Å². The van der Waals surface area contributed by atoms with Gasteiger partial charge >= 0.3 is 6.18 Å². The maximum Gasteiger partial charge on any atom is 0.423 e. The molecule has 8 nitrogen and oxygen atoms in total. The number of alkyl halides is 3. The molecule has 2 aromatic heterocycles. The van der Waals surface area contributed by atoms with E-state index in [9.17, 15) is 23.4 Å². The second-order valence-corrected chi connectivity index (χ2v) is 5.83. The minimum Gasteiger partial charge on any atom is -0.393 e. The van der Waals surface area contributed by atoms with Gasteiger partial charge in [-0.2, -0.15) is 23.4 Å². The first-order valence-electron chi connectivity index (χ1n) is 7.68. The summed E-state index contributed by atoms with van der Waals surface area (Å²) in [6.07, 6.45) is -0.958. The molecule has 1 unspecified atom stereocenters. The van der Waals surface area contributed by atoms with Gasteiger partial charge in [-0.1, -0.05) is 12.1 Å². The summed E-state index contributed by atoms with van der Waals surface area (Å²) >= 11 is 0. The number of benzene rings is 1. The number of anilines is 1. The van der Waals surface area contributed by atoms with Crippen molar-refractivity contribution in [2.45, 2.75) is 18.7 Å². The highest BCUT2D eigenvalue weighted by Gasteiger charge is 2.54. The van der Waals surface area contributed by atoms with Gasteiger partial charge in [0, 0.05) is 5.56 Å². The van der Waals surface area contributed by atoms with Crippen LogP contribution in [0.25, 0.3) is 17.1 Å². The second-order valence-electron chi connectivity index (χ2n) is 5.83. The molecule has 2 heterocycles. The highest BCUT2D eigenvalue weighted by atomic mass is 19.4. The van der Waals surface area contributed by atoms with Gasteiger partial charge in [-0.05, 0) is 24.1 Å². The molecule has 27 heavy (non-hydrogen) atoms. The molecule has 0 saturated heterocycles. The van der Waals surface area contributed by atoms with E-state index in [0.29, 0.717) is 5.56 Å². The number of halogens is 3. The van der Waals surface area contributed by atoms with E-state index in [0.717, 1.165) is 16.9 Å². The fourth-order valence-electron chi connectivity index (χ4n) is 2.49. The third kappa shape index (κ3) is 3.22. The lowest BCUT2D eigenvalue weighted by Crippen LogP contribution is -2.45. The number of nitrogen functional groups attached to an aromatic ring is 1. The minimum atomic E-state index is -5.06. The molecule has 3 rings (SSSR count). The van der Waals surface area contributed by atoms with E-state index >= 15 is 0 Å². The fourth-order valence-corrected chi connectivity index (χ4v) is 2.49. The first kappa shape index (κ1) is 18.7. The van der Waals surface area contributed by atoms with E-state index in [-0.39, 0.29) is 22.9 Å². The summed E-state index contributed by atoms with van der Waals surface area (Å²) in [5.41, 5.74) is 2.93. The Kier molecular flexibility index (Phi) is 4.57. The zero-order valence-corrected chi connectivity index (χ0v) is 14.0. The molecule has 0 aliphatic rings.